The molecular weight excluding hydrogens is 751 g/mol. The molecule has 0 amide bonds. The molecule has 3 heteroatoms. The van der Waals surface area contributed by atoms with Crippen molar-refractivity contribution in [2.75, 3.05) is 0 Å². The van der Waals surface area contributed by atoms with E-state index in [4.69, 9.17) is 0 Å². The average molecular weight is 811 g/mol. The molecule has 2 aliphatic carbocycles. The van der Waals surface area contributed by atoms with Gasteiger partial charge in [-0.3, -0.25) is 0 Å². The molecule has 0 spiro atoms. The third-order valence-electron chi connectivity index (χ3n) is 12.4. The van der Waals surface area contributed by atoms with Crippen molar-refractivity contribution >= 4 is 12.2 Å². The Balaban J connectivity index is 0.00000261. The third kappa shape index (κ3) is 7.06. The molecule has 4 aromatic rings. The van der Waals surface area contributed by atoms with E-state index >= 15 is 0 Å². The molecule has 0 aromatic heterocycles. The van der Waals surface area contributed by atoms with Gasteiger partial charge in [0.15, 0.2) is 0 Å². The Labute approximate surface area is 333 Å². The Morgan fingerprint density at radius 2 is 0.788 bits per heavy atom. The summed E-state index contributed by atoms with van der Waals surface area (Å²) in [6.45, 7) is 28.7. The van der Waals surface area contributed by atoms with E-state index in [1.54, 1.807) is 22.3 Å². The van der Waals surface area contributed by atoms with Crippen LogP contribution in [-0.4, -0.2) is 0 Å². The van der Waals surface area contributed by atoms with Crippen molar-refractivity contribution in [3.05, 3.63) is 129 Å². The SMILES string of the molecule is CC(C)(C)C1=Cc2c(-c3ccc(C(C)(C)C)cc3)cccc2[CH]1[Zr+2]1([CH]2C(C(C)(C)C)=Cc3c(-c4ccc(C(C)(C)C)cc4)cccc32)[CH2]C[CH2]1.[Cl-].[Cl-]. The minimum atomic E-state index is -3.06. The summed E-state index contributed by atoms with van der Waals surface area (Å²) in [6, 6.07) is 33.5. The van der Waals surface area contributed by atoms with Gasteiger partial charge in [0.1, 0.15) is 0 Å². The zero-order valence-corrected chi connectivity index (χ0v) is 37.7. The zero-order valence-electron chi connectivity index (χ0n) is 33.8. The number of hydrogen-bond donors (Lipinski definition) is 0. The molecule has 1 aliphatic heterocycles. The van der Waals surface area contributed by atoms with Crippen molar-refractivity contribution in [1.29, 1.82) is 0 Å². The van der Waals surface area contributed by atoms with Crippen LogP contribution >= 0.6 is 0 Å². The second kappa shape index (κ2) is 14.2. The van der Waals surface area contributed by atoms with Crippen LogP contribution in [0.4, 0.5) is 0 Å². The van der Waals surface area contributed by atoms with E-state index < -0.39 is 20.3 Å². The Kier molecular flexibility index (Phi) is 11.2. The maximum absolute atomic E-state index is 3.06. The number of rotatable bonds is 4. The van der Waals surface area contributed by atoms with Crippen LogP contribution < -0.4 is 24.8 Å². The van der Waals surface area contributed by atoms with E-state index in [-0.39, 0.29) is 46.5 Å². The van der Waals surface area contributed by atoms with Crippen molar-refractivity contribution in [2.24, 2.45) is 10.8 Å². The van der Waals surface area contributed by atoms with Gasteiger partial charge in [0, 0.05) is 0 Å². The molecule has 1 heterocycles. The Morgan fingerprint density at radius 3 is 1.06 bits per heavy atom. The van der Waals surface area contributed by atoms with Crippen molar-refractivity contribution in [3.8, 4) is 22.3 Å². The van der Waals surface area contributed by atoms with Gasteiger partial charge < -0.3 is 24.8 Å². The van der Waals surface area contributed by atoms with E-state index in [0.29, 0.717) is 7.25 Å². The maximum atomic E-state index is 2.67. The van der Waals surface area contributed by atoms with Gasteiger partial charge in [-0.15, -0.1) is 0 Å². The summed E-state index contributed by atoms with van der Waals surface area (Å²) >= 11 is -3.06. The summed E-state index contributed by atoms with van der Waals surface area (Å²) in [5, 5.41) is 0. The Bertz CT molecular complexity index is 1850. The first-order valence-corrected chi connectivity index (χ1v) is 25.5. The monoisotopic (exact) mass is 808 g/mol. The smallest absolute Gasteiger partial charge is 1.00 e. The van der Waals surface area contributed by atoms with E-state index in [2.05, 4.69) is 180 Å². The molecule has 0 bridgehead atoms. The van der Waals surface area contributed by atoms with Gasteiger partial charge in [-0.05, 0) is 0 Å². The van der Waals surface area contributed by atoms with Gasteiger partial charge in [0.2, 0.25) is 0 Å². The number of fused-ring (bicyclic) bond motifs is 2. The fourth-order valence-electron chi connectivity index (χ4n) is 9.47. The molecule has 3 aliphatic rings. The fraction of sp³-hybridized carbons (Fsp3) is 0.429. The number of hydrogen-bond acceptors (Lipinski definition) is 0. The first-order chi connectivity index (χ1) is 23.3. The second-order valence-electron chi connectivity index (χ2n) is 19.9. The first-order valence-electron chi connectivity index (χ1n) is 19.2. The van der Waals surface area contributed by atoms with Crippen LogP contribution in [0.3, 0.4) is 0 Å². The quantitative estimate of drug-likeness (QED) is 0.194. The summed E-state index contributed by atoms with van der Waals surface area (Å²) in [6.07, 6.45) is 6.74. The minimum Gasteiger partial charge on any atom is -1.00 e. The van der Waals surface area contributed by atoms with E-state index in [9.17, 15) is 0 Å². The van der Waals surface area contributed by atoms with E-state index in [0.717, 1.165) is 0 Å². The van der Waals surface area contributed by atoms with Gasteiger partial charge in [-0.1, -0.05) is 0 Å². The van der Waals surface area contributed by atoms with Crippen LogP contribution in [0, 0.1) is 10.8 Å². The molecule has 52 heavy (non-hydrogen) atoms. The number of halogens is 2. The summed E-state index contributed by atoms with van der Waals surface area (Å²) in [5.41, 5.74) is 18.5. The van der Waals surface area contributed by atoms with Crippen molar-refractivity contribution in [3.63, 3.8) is 0 Å². The van der Waals surface area contributed by atoms with Crippen LogP contribution in [0.25, 0.3) is 34.4 Å². The third-order valence-corrected chi connectivity index (χ3v) is 27.4. The summed E-state index contributed by atoms with van der Waals surface area (Å²) in [5.74, 6) is 0. The average Bonchev–Trinajstić information content (AvgIpc) is 3.61. The number of benzene rings is 4. The predicted molar refractivity (Wildman–Crippen MR) is 216 cm³/mol. The van der Waals surface area contributed by atoms with Crippen molar-refractivity contribution < 1.29 is 45.1 Å². The Hall–Kier alpha value is -2.18. The summed E-state index contributed by atoms with van der Waals surface area (Å²) < 4.78 is 4.13. The topological polar surface area (TPSA) is 0 Å². The molecule has 0 saturated carbocycles. The second-order valence-corrected chi connectivity index (χ2v) is 31.3. The van der Waals surface area contributed by atoms with Crippen LogP contribution in [0.2, 0.25) is 8.26 Å². The zero-order chi connectivity index (χ0) is 36.0. The normalized spacial score (nSPS) is 18.8. The van der Waals surface area contributed by atoms with E-state index in [1.165, 1.54) is 59.2 Å². The molecule has 274 valence electrons. The van der Waals surface area contributed by atoms with Gasteiger partial charge in [-0.25, -0.2) is 0 Å². The largest absolute Gasteiger partial charge is 1.00 e. The van der Waals surface area contributed by atoms with Crippen LogP contribution in [0.5, 0.6) is 0 Å². The number of allylic oxidation sites excluding steroid dienone is 2. The van der Waals surface area contributed by atoms with E-state index in [1.807, 2.05) is 0 Å². The molecule has 1 saturated heterocycles. The fourth-order valence-corrected chi connectivity index (χ4v) is 25.9. The van der Waals surface area contributed by atoms with Gasteiger partial charge >= 0.3 is 311 Å². The standard InChI is InChI=1S/2C23H27.C3H6.2ClH.Zr/c2*1-22(2,3)18-12-10-16(11-13-18)20-9-7-8-17-14-19(15-21(17)20)23(4,5)6;1-3-2;;;/h2*7-15H,1-6H3;1-3H2;2*1H;/q;;;;;+2/p-2. The molecule has 1 fully saturated rings. The maximum Gasteiger partial charge on any atom is -1.00 e. The Morgan fingerprint density at radius 1 is 0.442 bits per heavy atom. The first kappa shape index (κ1) is 41.0. The van der Waals surface area contributed by atoms with Crippen molar-refractivity contribution in [1.82, 2.24) is 0 Å². The molecule has 2 atom stereocenters. The summed E-state index contributed by atoms with van der Waals surface area (Å²) in [7, 11) is 0. The summed E-state index contributed by atoms with van der Waals surface area (Å²) in [4.78, 5) is 0. The molecule has 4 aromatic carbocycles. The van der Waals surface area contributed by atoms with Crippen LogP contribution in [0.1, 0.15) is 130 Å². The molecule has 0 radical (unpaired) electrons. The van der Waals surface area contributed by atoms with Crippen LogP contribution in [0.15, 0.2) is 96.1 Å². The van der Waals surface area contributed by atoms with Gasteiger partial charge in [0.05, 0.1) is 0 Å². The van der Waals surface area contributed by atoms with Gasteiger partial charge in [-0.2, -0.15) is 0 Å². The van der Waals surface area contributed by atoms with Crippen molar-refractivity contribution in [2.45, 2.75) is 116 Å². The molecular formula is C49H60Cl2Zr. The molecule has 7 rings (SSSR count). The molecule has 2 unspecified atom stereocenters. The van der Waals surface area contributed by atoms with Gasteiger partial charge in [0.25, 0.3) is 0 Å². The minimum absolute atomic E-state index is 0. The van der Waals surface area contributed by atoms with Crippen LogP contribution in [-0.2, 0) is 31.1 Å². The molecule has 0 nitrogen and oxygen atoms in total. The molecule has 0 N–H and O–H groups in total. The predicted octanol–water partition coefficient (Wildman–Crippen LogP) is 8.69.